The minimum Gasteiger partial charge on any atom is -0.485 e. The van der Waals surface area contributed by atoms with Crippen LogP contribution in [0, 0.1) is 0 Å². The molecule has 11 heteroatoms. The SMILES string of the molecule is C/C(=N\OCc1ccc(C(F)(F)F)cc1)c1ccc(OCC(N=NCCO)=NN)cc1. The van der Waals surface area contributed by atoms with Crippen LogP contribution in [-0.2, 0) is 17.6 Å². The minimum absolute atomic E-state index is 0.00802. The van der Waals surface area contributed by atoms with Crippen LogP contribution in [0.25, 0.3) is 0 Å². The maximum atomic E-state index is 12.6. The monoisotopic (exact) mass is 437 g/mol. The first-order chi connectivity index (χ1) is 14.8. The van der Waals surface area contributed by atoms with Crippen molar-refractivity contribution in [2.24, 2.45) is 26.3 Å². The molecule has 0 heterocycles. The Morgan fingerprint density at radius 1 is 1.06 bits per heavy atom. The number of hydrogen-bond donors (Lipinski definition) is 2. The minimum atomic E-state index is -4.37. The first kappa shape index (κ1) is 23.8. The average Bonchev–Trinajstić information content (AvgIpc) is 2.76. The van der Waals surface area contributed by atoms with Crippen LogP contribution in [0.3, 0.4) is 0 Å². The van der Waals surface area contributed by atoms with Gasteiger partial charge in [0, 0.05) is 0 Å². The number of halogens is 3. The van der Waals surface area contributed by atoms with Gasteiger partial charge >= 0.3 is 6.18 Å². The molecule has 2 aromatic carbocycles. The maximum absolute atomic E-state index is 12.6. The predicted molar refractivity (Wildman–Crippen MR) is 109 cm³/mol. The molecule has 0 unspecified atom stereocenters. The van der Waals surface area contributed by atoms with Gasteiger partial charge in [0.05, 0.1) is 24.4 Å². The van der Waals surface area contributed by atoms with Crippen LogP contribution in [0.5, 0.6) is 5.75 Å². The molecule has 0 aliphatic rings. The van der Waals surface area contributed by atoms with Crippen LogP contribution in [0.4, 0.5) is 13.2 Å². The van der Waals surface area contributed by atoms with Gasteiger partial charge in [0.1, 0.15) is 12.4 Å². The van der Waals surface area contributed by atoms with Crippen molar-refractivity contribution in [3.63, 3.8) is 0 Å². The molecule has 2 rings (SSSR count). The van der Waals surface area contributed by atoms with Gasteiger partial charge in [-0.05, 0) is 54.4 Å². The van der Waals surface area contributed by atoms with Crippen molar-refractivity contribution in [3.05, 3.63) is 65.2 Å². The molecule has 0 aromatic heterocycles. The molecule has 166 valence electrons. The summed E-state index contributed by atoms with van der Waals surface area (Å²) in [7, 11) is 0. The number of azo groups is 1. The molecule has 0 bridgehead atoms. The Morgan fingerprint density at radius 3 is 2.32 bits per heavy atom. The Balaban J connectivity index is 1.86. The zero-order valence-corrected chi connectivity index (χ0v) is 16.7. The Morgan fingerprint density at radius 2 is 1.74 bits per heavy atom. The number of oxime groups is 1. The quantitative estimate of drug-likeness (QED) is 0.204. The van der Waals surface area contributed by atoms with Gasteiger partial charge in [-0.2, -0.15) is 23.4 Å². The molecule has 0 amide bonds. The number of hydrazone groups is 1. The van der Waals surface area contributed by atoms with Gasteiger partial charge in [-0.25, -0.2) is 0 Å². The highest BCUT2D eigenvalue weighted by atomic mass is 19.4. The Bertz CT molecular complexity index is 911. The molecule has 31 heavy (non-hydrogen) atoms. The normalized spacial score (nSPS) is 12.9. The topological polar surface area (TPSA) is 114 Å². The summed E-state index contributed by atoms with van der Waals surface area (Å²) in [6.45, 7) is 1.81. The number of aliphatic hydroxyl groups excluding tert-OH is 1. The van der Waals surface area contributed by atoms with Crippen molar-refractivity contribution < 1.29 is 27.9 Å². The number of hydrogen-bond acceptors (Lipinski definition) is 7. The second-order valence-corrected chi connectivity index (χ2v) is 6.19. The number of aliphatic hydroxyl groups is 1. The molecule has 0 aliphatic carbocycles. The number of ether oxygens (including phenoxy) is 1. The third-order valence-electron chi connectivity index (χ3n) is 3.89. The smallest absolute Gasteiger partial charge is 0.416 e. The number of nitrogens with zero attached hydrogens (tertiary/aromatic N) is 4. The molecule has 0 aliphatic heterocycles. The molecule has 0 spiro atoms. The summed E-state index contributed by atoms with van der Waals surface area (Å²) in [6, 6.07) is 11.7. The molecular weight excluding hydrogens is 415 g/mol. The highest BCUT2D eigenvalue weighted by Crippen LogP contribution is 2.29. The first-order valence-electron chi connectivity index (χ1n) is 9.14. The summed E-state index contributed by atoms with van der Waals surface area (Å²) in [6.07, 6.45) is -4.37. The van der Waals surface area contributed by atoms with Crippen LogP contribution in [0.15, 0.2) is 69.0 Å². The van der Waals surface area contributed by atoms with Gasteiger partial charge in [0.2, 0.25) is 5.84 Å². The molecular formula is C20H22F3N5O3. The van der Waals surface area contributed by atoms with Crippen LogP contribution < -0.4 is 10.6 Å². The van der Waals surface area contributed by atoms with Crippen LogP contribution >= 0.6 is 0 Å². The highest BCUT2D eigenvalue weighted by Gasteiger charge is 2.29. The highest BCUT2D eigenvalue weighted by molar-refractivity contribution is 5.98. The molecule has 8 nitrogen and oxygen atoms in total. The van der Waals surface area contributed by atoms with Crippen molar-refractivity contribution in [1.29, 1.82) is 0 Å². The zero-order chi connectivity index (χ0) is 22.7. The van der Waals surface area contributed by atoms with Gasteiger partial charge in [-0.3, -0.25) is 0 Å². The summed E-state index contributed by atoms with van der Waals surface area (Å²) in [5.74, 6) is 5.93. The van der Waals surface area contributed by atoms with Crippen molar-refractivity contribution >= 4 is 11.5 Å². The second kappa shape index (κ2) is 11.6. The van der Waals surface area contributed by atoms with Gasteiger partial charge in [0.15, 0.2) is 6.61 Å². The zero-order valence-electron chi connectivity index (χ0n) is 16.7. The first-order valence-corrected chi connectivity index (χ1v) is 9.14. The lowest BCUT2D eigenvalue weighted by Crippen LogP contribution is -2.11. The van der Waals surface area contributed by atoms with E-state index in [1.807, 2.05) is 0 Å². The van der Waals surface area contributed by atoms with E-state index in [0.29, 0.717) is 17.0 Å². The Labute approximate surface area is 176 Å². The third-order valence-corrected chi connectivity index (χ3v) is 3.89. The van der Waals surface area contributed by atoms with Crippen molar-refractivity contribution in [2.75, 3.05) is 19.8 Å². The van der Waals surface area contributed by atoms with E-state index >= 15 is 0 Å². The molecule has 0 saturated carbocycles. The standard InChI is InChI=1S/C20H22F3N5O3/c1-14(28-31-12-15-2-6-17(7-3-15)20(21,22)23)16-4-8-18(9-5-16)30-13-19(26-24)27-25-10-11-29/h2-9,29H,10-13,24H2,1H3/b26-19?,27-25?,28-14+. The fourth-order valence-corrected chi connectivity index (χ4v) is 2.25. The van der Waals surface area contributed by atoms with E-state index in [1.54, 1.807) is 31.2 Å². The summed E-state index contributed by atoms with van der Waals surface area (Å²) < 4.78 is 43.2. The lowest BCUT2D eigenvalue weighted by molar-refractivity contribution is -0.137. The van der Waals surface area contributed by atoms with Crippen LogP contribution in [0.2, 0.25) is 0 Å². The second-order valence-electron chi connectivity index (χ2n) is 6.19. The van der Waals surface area contributed by atoms with Crippen molar-refractivity contribution in [3.8, 4) is 5.75 Å². The van der Waals surface area contributed by atoms with E-state index in [0.717, 1.165) is 17.7 Å². The summed E-state index contributed by atoms with van der Waals surface area (Å²) in [5.41, 5.74) is 1.22. The van der Waals surface area contributed by atoms with E-state index in [2.05, 4.69) is 20.5 Å². The van der Waals surface area contributed by atoms with Gasteiger partial charge in [-0.15, -0.1) is 5.11 Å². The van der Waals surface area contributed by atoms with Crippen LogP contribution in [-0.4, -0.2) is 36.4 Å². The maximum Gasteiger partial charge on any atom is 0.416 e. The van der Waals surface area contributed by atoms with Gasteiger partial charge < -0.3 is 20.5 Å². The summed E-state index contributed by atoms with van der Waals surface area (Å²) in [4.78, 5) is 5.24. The number of alkyl halides is 3. The summed E-state index contributed by atoms with van der Waals surface area (Å²) >= 11 is 0. The van der Waals surface area contributed by atoms with Gasteiger partial charge in [-0.1, -0.05) is 17.3 Å². The average molecular weight is 437 g/mol. The Hall–Kier alpha value is -3.47. The molecule has 3 N–H and O–H groups in total. The fraction of sp³-hybridized carbons (Fsp3) is 0.300. The molecule has 2 aromatic rings. The predicted octanol–water partition coefficient (Wildman–Crippen LogP) is 3.74. The van der Waals surface area contributed by atoms with E-state index in [-0.39, 0.29) is 32.2 Å². The van der Waals surface area contributed by atoms with Gasteiger partial charge in [0.25, 0.3) is 0 Å². The number of amidine groups is 1. The largest absolute Gasteiger partial charge is 0.485 e. The number of nitrogens with two attached hydrogens (primary N) is 1. The van der Waals surface area contributed by atoms with Crippen LogP contribution in [0.1, 0.15) is 23.6 Å². The third kappa shape index (κ3) is 8.05. The molecule has 0 saturated heterocycles. The molecule has 0 atom stereocenters. The number of benzene rings is 2. The lowest BCUT2D eigenvalue weighted by atomic mass is 10.1. The Kier molecular flexibility index (Phi) is 8.94. The lowest BCUT2D eigenvalue weighted by Gasteiger charge is -2.08. The molecule has 0 fully saturated rings. The van der Waals surface area contributed by atoms with E-state index in [4.69, 9.17) is 20.5 Å². The fourth-order valence-electron chi connectivity index (χ4n) is 2.25. The van der Waals surface area contributed by atoms with Crippen molar-refractivity contribution in [2.45, 2.75) is 19.7 Å². The van der Waals surface area contributed by atoms with Crippen molar-refractivity contribution in [1.82, 2.24) is 0 Å². The van der Waals surface area contributed by atoms with E-state index in [1.165, 1.54) is 12.1 Å². The van der Waals surface area contributed by atoms with E-state index < -0.39 is 11.7 Å². The summed E-state index contributed by atoms with van der Waals surface area (Å²) in [5, 5.41) is 23.5. The number of rotatable bonds is 9. The van der Waals surface area contributed by atoms with E-state index in [9.17, 15) is 13.2 Å². The molecule has 0 radical (unpaired) electrons.